The van der Waals surface area contributed by atoms with Gasteiger partial charge in [-0.25, -0.2) is 0 Å². The van der Waals surface area contributed by atoms with Crippen LogP contribution in [-0.4, -0.2) is 33.5 Å². The number of hydrogen-bond donors (Lipinski definition) is 2. The number of ether oxygens (including phenoxy) is 1. The predicted octanol–water partition coefficient (Wildman–Crippen LogP) is 1.23. The van der Waals surface area contributed by atoms with Gasteiger partial charge in [0, 0.05) is 0 Å². The molecule has 2 N–H and O–H groups in total. The zero-order valence-corrected chi connectivity index (χ0v) is 11.1. The van der Waals surface area contributed by atoms with Crippen LogP contribution in [-0.2, 0) is 4.79 Å². The van der Waals surface area contributed by atoms with E-state index in [-0.39, 0.29) is 22.8 Å². The largest absolute Gasteiger partial charge is 0.507 e. The maximum absolute atomic E-state index is 12.6. The van der Waals surface area contributed by atoms with Gasteiger partial charge in [0.2, 0.25) is 11.4 Å². The van der Waals surface area contributed by atoms with E-state index in [9.17, 15) is 19.8 Å². The second-order valence-electron chi connectivity index (χ2n) is 5.26. The summed E-state index contributed by atoms with van der Waals surface area (Å²) in [5, 5.41) is 20.1. The SMILES string of the molecule is CC1=C[C@H](O)[C@@]2(Oc3cccc(O)c3C2=O)[C@H](C)C1=O. The zero-order valence-electron chi connectivity index (χ0n) is 11.1. The standard InChI is InChI=1S/C15H14O5/c1-7-6-11(17)15(8(2)13(7)18)14(19)12-9(16)4-3-5-10(12)20-15/h3-6,8,11,16-17H,1-2H3/t8-,11+,15+/m1/s1. The number of carbonyl (C=O) groups excluding carboxylic acids is 2. The lowest BCUT2D eigenvalue weighted by Gasteiger charge is -2.38. The highest BCUT2D eigenvalue weighted by Crippen LogP contribution is 2.47. The van der Waals surface area contributed by atoms with E-state index in [0.29, 0.717) is 5.57 Å². The van der Waals surface area contributed by atoms with Crippen molar-refractivity contribution in [3.63, 3.8) is 0 Å². The van der Waals surface area contributed by atoms with Crippen LogP contribution in [0.1, 0.15) is 24.2 Å². The third-order valence-electron chi connectivity index (χ3n) is 4.14. The molecule has 0 radical (unpaired) electrons. The van der Waals surface area contributed by atoms with Crippen LogP contribution >= 0.6 is 0 Å². The highest BCUT2D eigenvalue weighted by Gasteiger charge is 2.60. The molecule has 0 fully saturated rings. The summed E-state index contributed by atoms with van der Waals surface area (Å²) >= 11 is 0. The first-order valence-corrected chi connectivity index (χ1v) is 6.36. The van der Waals surface area contributed by atoms with Crippen molar-refractivity contribution in [2.24, 2.45) is 5.92 Å². The fraction of sp³-hybridized carbons (Fsp3) is 0.333. The number of aliphatic hydroxyl groups excluding tert-OH is 1. The minimum Gasteiger partial charge on any atom is -0.507 e. The van der Waals surface area contributed by atoms with Crippen LogP contribution in [0.4, 0.5) is 0 Å². The molecule has 104 valence electrons. The molecule has 5 nitrogen and oxygen atoms in total. The van der Waals surface area contributed by atoms with Gasteiger partial charge in [-0.15, -0.1) is 0 Å². The topological polar surface area (TPSA) is 83.8 Å². The van der Waals surface area contributed by atoms with E-state index < -0.39 is 23.4 Å². The Hall–Kier alpha value is -2.14. The van der Waals surface area contributed by atoms with Crippen molar-refractivity contribution in [1.82, 2.24) is 0 Å². The Morgan fingerprint density at radius 1 is 1.30 bits per heavy atom. The summed E-state index contributed by atoms with van der Waals surface area (Å²) in [5.74, 6) is -1.62. The smallest absolute Gasteiger partial charge is 0.217 e. The number of aliphatic hydroxyl groups is 1. The third-order valence-corrected chi connectivity index (χ3v) is 4.14. The van der Waals surface area contributed by atoms with Gasteiger partial charge in [-0.1, -0.05) is 13.0 Å². The van der Waals surface area contributed by atoms with Gasteiger partial charge in [0.15, 0.2) is 5.78 Å². The Balaban J connectivity index is 2.20. The summed E-state index contributed by atoms with van der Waals surface area (Å²) in [5.41, 5.74) is -1.23. The number of allylic oxidation sites excluding steroid dienone is 1. The third kappa shape index (κ3) is 1.35. The van der Waals surface area contributed by atoms with Gasteiger partial charge in [0.25, 0.3) is 0 Å². The van der Waals surface area contributed by atoms with E-state index in [1.54, 1.807) is 19.9 Å². The normalized spacial score (nSPS) is 32.0. The van der Waals surface area contributed by atoms with Crippen LogP contribution in [0, 0.1) is 5.92 Å². The van der Waals surface area contributed by atoms with Gasteiger partial charge in [0.05, 0.1) is 5.92 Å². The minimum atomic E-state index is -1.67. The Morgan fingerprint density at radius 3 is 2.65 bits per heavy atom. The molecule has 3 rings (SSSR count). The number of ketones is 2. The first-order chi connectivity index (χ1) is 9.39. The fourth-order valence-corrected chi connectivity index (χ4v) is 2.97. The summed E-state index contributed by atoms with van der Waals surface area (Å²) in [4.78, 5) is 24.8. The van der Waals surface area contributed by atoms with Gasteiger partial charge in [-0.3, -0.25) is 9.59 Å². The molecule has 0 saturated carbocycles. The van der Waals surface area contributed by atoms with E-state index in [4.69, 9.17) is 4.74 Å². The molecule has 1 aromatic carbocycles. The van der Waals surface area contributed by atoms with Crippen molar-refractivity contribution in [2.45, 2.75) is 25.6 Å². The predicted molar refractivity (Wildman–Crippen MR) is 69.7 cm³/mol. The van der Waals surface area contributed by atoms with Gasteiger partial charge in [-0.2, -0.15) is 0 Å². The maximum atomic E-state index is 12.6. The van der Waals surface area contributed by atoms with E-state index in [0.717, 1.165) is 0 Å². The molecule has 1 aromatic rings. The summed E-state index contributed by atoms with van der Waals surface area (Å²) < 4.78 is 5.65. The summed E-state index contributed by atoms with van der Waals surface area (Å²) in [6.07, 6.45) is 0.109. The average Bonchev–Trinajstić information content (AvgIpc) is 2.71. The number of carbonyl (C=O) groups is 2. The van der Waals surface area contributed by atoms with Crippen molar-refractivity contribution in [3.05, 3.63) is 35.4 Å². The minimum absolute atomic E-state index is 0.0270. The molecule has 1 aliphatic carbocycles. The van der Waals surface area contributed by atoms with Gasteiger partial charge in [-0.05, 0) is 30.7 Å². The summed E-state index contributed by atoms with van der Waals surface area (Å²) in [6.45, 7) is 3.15. The highest BCUT2D eigenvalue weighted by atomic mass is 16.5. The molecule has 2 aliphatic rings. The number of Topliss-reactive ketones (excluding diaryl/α,β-unsaturated/α-hetero) is 2. The second-order valence-corrected chi connectivity index (χ2v) is 5.26. The van der Waals surface area contributed by atoms with E-state index >= 15 is 0 Å². The van der Waals surface area contributed by atoms with Crippen LogP contribution in [0.3, 0.4) is 0 Å². The molecule has 0 bridgehead atoms. The van der Waals surface area contributed by atoms with Crippen LogP contribution in [0.2, 0.25) is 0 Å². The molecule has 5 heteroatoms. The fourth-order valence-electron chi connectivity index (χ4n) is 2.97. The van der Waals surface area contributed by atoms with E-state index in [2.05, 4.69) is 0 Å². The molecule has 1 spiro atoms. The molecular weight excluding hydrogens is 260 g/mol. The van der Waals surface area contributed by atoms with E-state index in [1.165, 1.54) is 18.2 Å². The Labute approximate surface area is 115 Å². The molecule has 3 atom stereocenters. The van der Waals surface area contributed by atoms with Crippen molar-refractivity contribution < 1.29 is 24.5 Å². The lowest BCUT2D eigenvalue weighted by atomic mass is 9.71. The van der Waals surface area contributed by atoms with Crippen LogP contribution < -0.4 is 4.74 Å². The van der Waals surface area contributed by atoms with Gasteiger partial charge < -0.3 is 14.9 Å². The number of aromatic hydroxyl groups is 1. The highest BCUT2D eigenvalue weighted by molar-refractivity contribution is 6.14. The molecule has 1 aliphatic heterocycles. The van der Waals surface area contributed by atoms with Crippen LogP contribution in [0.5, 0.6) is 11.5 Å². The number of rotatable bonds is 0. The van der Waals surface area contributed by atoms with Gasteiger partial charge >= 0.3 is 0 Å². The number of phenolic OH excluding ortho intramolecular Hbond substituents is 1. The number of benzene rings is 1. The number of phenols is 1. The Kier molecular flexibility index (Phi) is 2.53. The van der Waals surface area contributed by atoms with Crippen LogP contribution in [0.15, 0.2) is 29.8 Å². The van der Waals surface area contributed by atoms with E-state index in [1.807, 2.05) is 0 Å². The van der Waals surface area contributed by atoms with Crippen molar-refractivity contribution in [3.8, 4) is 11.5 Å². The summed E-state index contributed by atoms with van der Waals surface area (Å²) in [6, 6.07) is 4.46. The zero-order chi connectivity index (χ0) is 14.7. The lowest BCUT2D eigenvalue weighted by molar-refractivity contribution is -0.129. The molecular formula is C15H14O5. The first-order valence-electron chi connectivity index (χ1n) is 6.36. The molecule has 0 aromatic heterocycles. The van der Waals surface area contributed by atoms with Crippen LogP contribution in [0.25, 0.3) is 0 Å². The average molecular weight is 274 g/mol. The lowest BCUT2D eigenvalue weighted by Crippen LogP contribution is -2.59. The second kappa shape index (κ2) is 3.93. The molecule has 20 heavy (non-hydrogen) atoms. The molecule has 1 heterocycles. The molecule has 0 saturated heterocycles. The summed E-state index contributed by atoms with van der Waals surface area (Å²) in [7, 11) is 0. The van der Waals surface area contributed by atoms with Gasteiger partial charge in [0.1, 0.15) is 23.2 Å². The van der Waals surface area contributed by atoms with Crippen molar-refractivity contribution in [2.75, 3.05) is 0 Å². The monoisotopic (exact) mass is 274 g/mol. The van der Waals surface area contributed by atoms with Crippen molar-refractivity contribution in [1.29, 1.82) is 0 Å². The Bertz CT molecular complexity index is 660. The maximum Gasteiger partial charge on any atom is 0.217 e. The Morgan fingerprint density at radius 2 is 2.00 bits per heavy atom. The first kappa shape index (κ1) is 12.9. The van der Waals surface area contributed by atoms with Crippen molar-refractivity contribution >= 4 is 11.6 Å². The molecule has 0 unspecified atom stereocenters. The quantitative estimate of drug-likeness (QED) is 0.743. The molecule has 0 amide bonds. The number of fused-ring (bicyclic) bond motifs is 1. The number of hydrogen-bond acceptors (Lipinski definition) is 5.